The van der Waals surface area contributed by atoms with Gasteiger partial charge in [0.15, 0.2) is 5.82 Å². The molecule has 3 saturated heterocycles. The van der Waals surface area contributed by atoms with Gasteiger partial charge in [0, 0.05) is 35.7 Å². The molecule has 45 heavy (non-hydrogen) atoms. The molecule has 4 aromatic rings. The van der Waals surface area contributed by atoms with Gasteiger partial charge in [0.2, 0.25) is 5.88 Å². The maximum atomic E-state index is 17.2. The van der Waals surface area contributed by atoms with Gasteiger partial charge in [-0.2, -0.15) is 15.1 Å². The molecular formula is C33H35ClFN7O3. The molecule has 6 aliphatic rings. The molecule has 7 heterocycles. The first kappa shape index (κ1) is 26.9. The third-order valence-corrected chi connectivity index (χ3v) is 11.5. The van der Waals surface area contributed by atoms with Crippen molar-refractivity contribution in [2.24, 2.45) is 5.41 Å². The molecule has 1 spiro atoms. The van der Waals surface area contributed by atoms with Crippen molar-refractivity contribution in [3.8, 4) is 23.1 Å². The average Bonchev–Trinajstić information content (AvgIpc) is 3.92. The fraction of sp³-hybridized carbons (Fsp3) is 0.576. The molecule has 0 amide bonds. The van der Waals surface area contributed by atoms with Crippen LogP contribution in [0.25, 0.3) is 33.1 Å². The smallest absolute Gasteiger partial charge is 0.319 e. The zero-order valence-electron chi connectivity index (χ0n) is 25.1. The fourth-order valence-electron chi connectivity index (χ4n) is 8.69. The van der Waals surface area contributed by atoms with Crippen molar-refractivity contribution < 1.29 is 18.6 Å². The molecule has 0 radical (unpaired) electrons. The molecule has 2 aliphatic carbocycles. The summed E-state index contributed by atoms with van der Waals surface area (Å²) in [6, 6.07) is 1.98. The van der Waals surface area contributed by atoms with Crippen LogP contribution < -0.4 is 14.4 Å². The van der Waals surface area contributed by atoms with Gasteiger partial charge in [-0.25, -0.2) is 9.37 Å². The Morgan fingerprint density at radius 3 is 2.89 bits per heavy atom. The number of hydrogen-bond donors (Lipinski definition) is 1. The number of aromatic amines is 1. The molecule has 1 N–H and O–H groups in total. The number of H-pyrrole nitrogens is 1. The minimum Gasteiger partial charge on any atom is -0.475 e. The van der Waals surface area contributed by atoms with Gasteiger partial charge in [0.05, 0.1) is 29.9 Å². The first-order valence-corrected chi connectivity index (χ1v) is 16.8. The highest BCUT2D eigenvalue weighted by atomic mass is 35.5. The van der Waals surface area contributed by atoms with Crippen molar-refractivity contribution in [3.05, 3.63) is 28.7 Å². The average molecular weight is 632 g/mol. The molecule has 3 aromatic heterocycles. The minimum atomic E-state index is -0.527. The number of nitrogens with one attached hydrogen (secondary N) is 1. The van der Waals surface area contributed by atoms with Crippen molar-refractivity contribution in [1.82, 2.24) is 30.0 Å². The number of nitrogens with zero attached hydrogens (tertiary/aromatic N) is 6. The Morgan fingerprint density at radius 1 is 1.11 bits per heavy atom. The molecular weight excluding hydrogens is 597 g/mol. The summed E-state index contributed by atoms with van der Waals surface area (Å²) >= 11 is 6.85. The van der Waals surface area contributed by atoms with E-state index in [0.29, 0.717) is 66.1 Å². The van der Waals surface area contributed by atoms with Crippen LogP contribution in [0.1, 0.15) is 62.8 Å². The third-order valence-electron chi connectivity index (χ3n) is 11.2. The molecule has 10 nitrogen and oxygen atoms in total. The second-order valence-corrected chi connectivity index (χ2v) is 14.6. The van der Waals surface area contributed by atoms with Crippen LogP contribution in [0.4, 0.5) is 10.2 Å². The Balaban J connectivity index is 1.15. The van der Waals surface area contributed by atoms with Crippen molar-refractivity contribution in [1.29, 1.82) is 0 Å². The SMILES string of the molecule is Fc1c(-c2c(C3CC3)c(Cl)cc3[nH]ncc23)nc2c3c(nc(OC[C@]45CCCN4CC4(CC4)C5)nc13)N1CCCOC[C@H]1CO2. The van der Waals surface area contributed by atoms with Gasteiger partial charge in [0.25, 0.3) is 0 Å². The Morgan fingerprint density at radius 2 is 2.02 bits per heavy atom. The van der Waals surface area contributed by atoms with Crippen LogP contribution in [0.5, 0.6) is 11.9 Å². The van der Waals surface area contributed by atoms with Crippen molar-refractivity contribution in [3.63, 3.8) is 0 Å². The predicted octanol–water partition coefficient (Wildman–Crippen LogP) is 5.62. The second-order valence-electron chi connectivity index (χ2n) is 14.2. The molecule has 4 aliphatic heterocycles. The van der Waals surface area contributed by atoms with Crippen LogP contribution in [0.3, 0.4) is 0 Å². The highest BCUT2D eigenvalue weighted by molar-refractivity contribution is 6.33. The summed E-state index contributed by atoms with van der Waals surface area (Å²) in [4.78, 5) is 19.5. The summed E-state index contributed by atoms with van der Waals surface area (Å²) in [6.07, 6.45) is 10.6. The van der Waals surface area contributed by atoms with Crippen molar-refractivity contribution >= 4 is 39.2 Å². The molecule has 5 fully saturated rings. The number of halogens is 2. The van der Waals surface area contributed by atoms with Crippen LogP contribution in [0.2, 0.25) is 5.02 Å². The number of benzene rings is 1. The van der Waals surface area contributed by atoms with E-state index in [1.807, 2.05) is 6.07 Å². The monoisotopic (exact) mass is 631 g/mol. The fourth-order valence-corrected chi connectivity index (χ4v) is 9.05. The standard InChI is InChI=1S/C33H35ClFN7O3/c34-21-11-22-20(12-36-40-22)24(23(21)18-3-4-18)27-26(35)28-25-29(42-9-2-10-43-13-19(42)14-44-30(25)37-27)39-31(38-28)45-17-33-5-1-8-41(33)16-32(15-33)6-7-32/h11-12,18-19H,1-10,13-17H2,(H,36,40)/t19-,33+/m0/s1. The van der Waals surface area contributed by atoms with E-state index in [4.69, 9.17) is 40.8 Å². The number of aromatic nitrogens is 5. The van der Waals surface area contributed by atoms with Gasteiger partial charge in [-0.3, -0.25) is 10.00 Å². The summed E-state index contributed by atoms with van der Waals surface area (Å²) in [5.74, 6) is 0.638. The molecule has 2 saturated carbocycles. The van der Waals surface area contributed by atoms with Gasteiger partial charge in [-0.1, -0.05) is 11.6 Å². The van der Waals surface area contributed by atoms with Crippen LogP contribution in [0, 0.1) is 11.2 Å². The van der Waals surface area contributed by atoms with Crippen LogP contribution >= 0.6 is 11.6 Å². The Bertz CT molecular complexity index is 1880. The van der Waals surface area contributed by atoms with E-state index in [9.17, 15) is 0 Å². The number of ether oxygens (including phenoxy) is 3. The van der Waals surface area contributed by atoms with E-state index in [1.165, 1.54) is 19.3 Å². The summed E-state index contributed by atoms with van der Waals surface area (Å²) in [5.41, 5.74) is 3.08. The van der Waals surface area contributed by atoms with E-state index in [1.54, 1.807) is 6.20 Å². The topological polar surface area (TPSA) is 102 Å². The molecule has 234 valence electrons. The molecule has 12 heteroatoms. The summed E-state index contributed by atoms with van der Waals surface area (Å²) in [6.45, 7) is 4.96. The van der Waals surface area contributed by atoms with Crippen LogP contribution in [-0.2, 0) is 4.74 Å². The van der Waals surface area contributed by atoms with E-state index < -0.39 is 5.82 Å². The van der Waals surface area contributed by atoms with E-state index in [-0.39, 0.29) is 34.7 Å². The largest absolute Gasteiger partial charge is 0.475 e. The lowest BCUT2D eigenvalue weighted by Gasteiger charge is -2.31. The zero-order valence-corrected chi connectivity index (χ0v) is 25.8. The normalized spacial score (nSPS) is 27.0. The maximum Gasteiger partial charge on any atom is 0.319 e. The highest BCUT2D eigenvalue weighted by Crippen LogP contribution is 2.60. The summed E-state index contributed by atoms with van der Waals surface area (Å²) < 4.78 is 36.1. The molecule has 1 aromatic carbocycles. The second kappa shape index (κ2) is 9.62. The Hall–Kier alpha value is -3.28. The van der Waals surface area contributed by atoms with E-state index in [0.717, 1.165) is 61.7 Å². The minimum absolute atomic E-state index is 0.00494. The van der Waals surface area contributed by atoms with Gasteiger partial charge in [0.1, 0.15) is 35.6 Å². The Kier molecular flexibility index (Phi) is 5.75. The number of anilines is 1. The quantitative estimate of drug-likeness (QED) is 0.301. The van der Waals surface area contributed by atoms with Gasteiger partial charge < -0.3 is 19.1 Å². The van der Waals surface area contributed by atoms with Crippen LogP contribution in [-0.4, -0.2) is 87.7 Å². The van der Waals surface area contributed by atoms with Gasteiger partial charge in [-0.15, -0.1) is 0 Å². The molecule has 0 unspecified atom stereocenters. The zero-order chi connectivity index (χ0) is 29.9. The lowest BCUT2D eigenvalue weighted by atomic mass is 9.89. The summed E-state index contributed by atoms with van der Waals surface area (Å²) in [5, 5.41) is 9.11. The predicted molar refractivity (Wildman–Crippen MR) is 167 cm³/mol. The van der Waals surface area contributed by atoms with Crippen molar-refractivity contribution in [2.45, 2.75) is 68.9 Å². The highest BCUT2D eigenvalue weighted by Gasteiger charge is 2.60. The number of fused-ring (bicyclic) bond motifs is 4. The number of hydrogen-bond acceptors (Lipinski definition) is 9. The third kappa shape index (κ3) is 4.12. The molecule has 2 atom stereocenters. The summed E-state index contributed by atoms with van der Waals surface area (Å²) in [7, 11) is 0. The maximum absolute atomic E-state index is 17.2. The van der Waals surface area contributed by atoms with Gasteiger partial charge >= 0.3 is 6.01 Å². The lowest BCUT2D eigenvalue weighted by Crippen LogP contribution is -2.43. The van der Waals surface area contributed by atoms with E-state index >= 15 is 4.39 Å². The van der Waals surface area contributed by atoms with Crippen LogP contribution in [0.15, 0.2) is 12.3 Å². The van der Waals surface area contributed by atoms with E-state index in [2.05, 4.69) is 20.0 Å². The van der Waals surface area contributed by atoms with Gasteiger partial charge in [-0.05, 0) is 80.9 Å². The number of rotatable bonds is 5. The first-order valence-electron chi connectivity index (χ1n) is 16.4. The number of pyridine rings is 1. The van der Waals surface area contributed by atoms with Crippen molar-refractivity contribution in [2.75, 3.05) is 51.0 Å². The Labute approximate surface area is 264 Å². The first-order chi connectivity index (χ1) is 22.0. The lowest BCUT2D eigenvalue weighted by molar-refractivity contribution is 0.107. The molecule has 0 bridgehead atoms. The molecule has 10 rings (SSSR count).